The third-order valence-electron chi connectivity index (χ3n) is 4.93. The van der Waals surface area contributed by atoms with Crippen molar-refractivity contribution in [3.8, 4) is 5.75 Å². The van der Waals surface area contributed by atoms with Gasteiger partial charge in [0, 0.05) is 18.2 Å². The Morgan fingerprint density at radius 1 is 1.00 bits per heavy atom. The number of anilines is 2. The molecule has 0 fully saturated rings. The molecule has 6 nitrogen and oxygen atoms in total. The van der Waals surface area contributed by atoms with Crippen LogP contribution in [0.4, 0.5) is 11.4 Å². The number of hydrogen-bond donors (Lipinski definition) is 3. The number of amides is 1. The van der Waals surface area contributed by atoms with Gasteiger partial charge in [-0.2, -0.15) is 0 Å². The number of nitrogens with one attached hydrogen (secondary N) is 2. The van der Waals surface area contributed by atoms with Crippen molar-refractivity contribution in [1.29, 1.82) is 0 Å². The molecule has 2 aromatic carbocycles. The Morgan fingerprint density at radius 3 is 2.52 bits per heavy atom. The van der Waals surface area contributed by atoms with Crippen molar-refractivity contribution in [3.63, 3.8) is 0 Å². The number of rotatable bonds is 10. The number of H-pyrrole nitrogens is 1. The number of benzene rings is 2. The van der Waals surface area contributed by atoms with Crippen LogP contribution in [-0.4, -0.2) is 23.8 Å². The van der Waals surface area contributed by atoms with Gasteiger partial charge in [0.05, 0.1) is 29.7 Å². The molecule has 0 saturated heterocycles. The summed E-state index contributed by atoms with van der Waals surface area (Å²) in [6, 6.07) is 14.8. The standard InChI is InChI=1S/C23H27N3O3/c1-29-21-13-8-9-16-15-19(26-23(16)21)20(27)12-4-2-3-5-14-22(28)25-18-11-7-6-10-17(18)24/h6-11,13,15,26H,2-5,12,14,24H2,1H3,(H,25,28). The molecular weight excluding hydrogens is 366 g/mol. The van der Waals surface area contributed by atoms with E-state index in [9.17, 15) is 9.59 Å². The second-order valence-electron chi connectivity index (χ2n) is 7.08. The van der Waals surface area contributed by atoms with E-state index in [4.69, 9.17) is 10.5 Å². The molecule has 0 spiro atoms. The normalized spacial score (nSPS) is 10.8. The van der Waals surface area contributed by atoms with Gasteiger partial charge in [-0.05, 0) is 37.1 Å². The van der Waals surface area contributed by atoms with Gasteiger partial charge < -0.3 is 20.8 Å². The Morgan fingerprint density at radius 2 is 1.76 bits per heavy atom. The molecule has 0 radical (unpaired) electrons. The molecule has 3 rings (SSSR count). The average molecular weight is 393 g/mol. The lowest BCUT2D eigenvalue weighted by molar-refractivity contribution is -0.116. The van der Waals surface area contributed by atoms with Crippen molar-refractivity contribution >= 4 is 34.0 Å². The van der Waals surface area contributed by atoms with Gasteiger partial charge in [0.1, 0.15) is 5.75 Å². The number of nitrogens with two attached hydrogens (primary N) is 1. The summed E-state index contributed by atoms with van der Waals surface area (Å²) >= 11 is 0. The molecule has 0 aliphatic heterocycles. The van der Waals surface area contributed by atoms with Crippen molar-refractivity contribution in [3.05, 3.63) is 54.2 Å². The molecule has 0 bridgehead atoms. The van der Waals surface area contributed by atoms with Crippen LogP contribution in [0, 0.1) is 0 Å². The van der Waals surface area contributed by atoms with Crippen LogP contribution in [0.1, 0.15) is 49.0 Å². The minimum absolute atomic E-state index is 0.0361. The number of unbranched alkanes of at least 4 members (excludes halogenated alkanes) is 3. The highest BCUT2D eigenvalue weighted by Gasteiger charge is 2.12. The van der Waals surface area contributed by atoms with Crippen molar-refractivity contribution in [2.75, 3.05) is 18.2 Å². The van der Waals surface area contributed by atoms with Crippen LogP contribution >= 0.6 is 0 Å². The number of ketones is 1. The molecule has 3 aromatic rings. The SMILES string of the molecule is COc1cccc2cc(C(=O)CCCCCCC(=O)Nc3ccccc3N)[nH]c12. The lowest BCUT2D eigenvalue weighted by atomic mass is 10.1. The molecule has 0 saturated carbocycles. The van der Waals surface area contributed by atoms with E-state index in [-0.39, 0.29) is 11.7 Å². The van der Waals surface area contributed by atoms with Gasteiger partial charge in [0.15, 0.2) is 5.78 Å². The Kier molecular flexibility index (Phi) is 6.89. The van der Waals surface area contributed by atoms with Crippen LogP contribution in [0.5, 0.6) is 5.75 Å². The second-order valence-corrected chi connectivity index (χ2v) is 7.08. The molecule has 1 amide bonds. The van der Waals surface area contributed by atoms with Crippen LogP contribution in [0.25, 0.3) is 10.9 Å². The molecule has 0 unspecified atom stereocenters. The van der Waals surface area contributed by atoms with E-state index in [0.29, 0.717) is 29.9 Å². The fraction of sp³-hybridized carbons (Fsp3) is 0.304. The molecule has 0 aliphatic rings. The monoisotopic (exact) mass is 393 g/mol. The number of nitrogen functional groups attached to an aromatic ring is 1. The zero-order chi connectivity index (χ0) is 20.6. The Bertz CT molecular complexity index is 994. The predicted molar refractivity (Wildman–Crippen MR) is 116 cm³/mol. The summed E-state index contributed by atoms with van der Waals surface area (Å²) in [6.45, 7) is 0. The molecule has 1 aromatic heterocycles. The minimum Gasteiger partial charge on any atom is -0.495 e. The van der Waals surface area contributed by atoms with E-state index in [0.717, 1.165) is 42.3 Å². The van der Waals surface area contributed by atoms with Gasteiger partial charge in [-0.3, -0.25) is 9.59 Å². The number of aromatic nitrogens is 1. The summed E-state index contributed by atoms with van der Waals surface area (Å²) in [5.74, 6) is 0.795. The maximum absolute atomic E-state index is 12.4. The van der Waals surface area contributed by atoms with Crippen LogP contribution in [0.2, 0.25) is 0 Å². The van der Waals surface area contributed by atoms with E-state index >= 15 is 0 Å². The molecule has 1 heterocycles. The van der Waals surface area contributed by atoms with E-state index in [1.54, 1.807) is 19.2 Å². The maximum atomic E-state index is 12.4. The molecule has 152 valence electrons. The highest BCUT2D eigenvalue weighted by atomic mass is 16.5. The first-order valence-electron chi connectivity index (χ1n) is 9.92. The Balaban J connectivity index is 1.37. The molecule has 0 atom stereocenters. The first-order chi connectivity index (χ1) is 14.1. The van der Waals surface area contributed by atoms with Crippen molar-refractivity contribution in [2.24, 2.45) is 0 Å². The van der Waals surface area contributed by atoms with Gasteiger partial charge in [-0.15, -0.1) is 0 Å². The third-order valence-corrected chi connectivity index (χ3v) is 4.93. The zero-order valence-electron chi connectivity index (χ0n) is 16.7. The number of fused-ring (bicyclic) bond motifs is 1. The van der Waals surface area contributed by atoms with Gasteiger partial charge in [0.25, 0.3) is 0 Å². The minimum atomic E-state index is -0.0361. The van der Waals surface area contributed by atoms with Crippen molar-refractivity contribution in [1.82, 2.24) is 4.98 Å². The summed E-state index contributed by atoms with van der Waals surface area (Å²) < 4.78 is 5.33. The Labute approximate surface area is 170 Å². The molecule has 0 aliphatic carbocycles. The Hall–Kier alpha value is -3.28. The largest absolute Gasteiger partial charge is 0.495 e. The molecule has 29 heavy (non-hydrogen) atoms. The van der Waals surface area contributed by atoms with E-state index < -0.39 is 0 Å². The van der Waals surface area contributed by atoms with Crippen molar-refractivity contribution < 1.29 is 14.3 Å². The van der Waals surface area contributed by atoms with Gasteiger partial charge in [-0.1, -0.05) is 37.1 Å². The summed E-state index contributed by atoms with van der Waals surface area (Å²) in [5, 5.41) is 3.80. The van der Waals surface area contributed by atoms with E-state index in [2.05, 4.69) is 10.3 Å². The van der Waals surface area contributed by atoms with Crippen LogP contribution in [0.15, 0.2) is 48.5 Å². The van der Waals surface area contributed by atoms with Gasteiger partial charge in [-0.25, -0.2) is 0 Å². The molecule has 6 heteroatoms. The average Bonchev–Trinajstić information content (AvgIpc) is 3.16. The van der Waals surface area contributed by atoms with E-state index in [1.165, 1.54) is 0 Å². The van der Waals surface area contributed by atoms with Crippen molar-refractivity contribution in [2.45, 2.75) is 38.5 Å². The lowest BCUT2D eigenvalue weighted by Gasteiger charge is -2.07. The predicted octanol–water partition coefficient (Wildman–Crippen LogP) is 4.92. The summed E-state index contributed by atoms with van der Waals surface area (Å²) in [5.41, 5.74) is 8.50. The fourth-order valence-electron chi connectivity index (χ4n) is 3.33. The summed E-state index contributed by atoms with van der Waals surface area (Å²) in [7, 11) is 1.62. The number of ether oxygens (including phenoxy) is 1. The number of hydrogen-bond acceptors (Lipinski definition) is 4. The molecular formula is C23H27N3O3. The number of para-hydroxylation sites is 3. The first kappa shape index (κ1) is 20.5. The van der Waals surface area contributed by atoms with Crippen LogP contribution in [0.3, 0.4) is 0 Å². The second kappa shape index (κ2) is 9.78. The number of methoxy groups -OCH3 is 1. The summed E-state index contributed by atoms with van der Waals surface area (Å²) in [4.78, 5) is 27.6. The number of Topliss-reactive ketones (excluding diaryl/α,β-unsaturated/α-hetero) is 1. The number of carbonyl (C=O) groups excluding carboxylic acids is 2. The van der Waals surface area contributed by atoms with E-state index in [1.807, 2.05) is 36.4 Å². The highest BCUT2D eigenvalue weighted by molar-refractivity contribution is 6.00. The highest BCUT2D eigenvalue weighted by Crippen LogP contribution is 2.26. The van der Waals surface area contributed by atoms with Gasteiger partial charge >= 0.3 is 0 Å². The topological polar surface area (TPSA) is 97.2 Å². The number of carbonyl (C=O) groups is 2. The molecule has 4 N–H and O–H groups in total. The maximum Gasteiger partial charge on any atom is 0.224 e. The van der Waals surface area contributed by atoms with Gasteiger partial charge in [0.2, 0.25) is 5.91 Å². The van der Waals surface area contributed by atoms with Crippen LogP contribution < -0.4 is 15.8 Å². The fourth-order valence-corrected chi connectivity index (χ4v) is 3.33. The summed E-state index contributed by atoms with van der Waals surface area (Å²) in [6.07, 6.45) is 4.35. The smallest absolute Gasteiger partial charge is 0.224 e. The lowest BCUT2D eigenvalue weighted by Crippen LogP contribution is -2.12. The third kappa shape index (κ3) is 5.38. The first-order valence-corrected chi connectivity index (χ1v) is 9.92. The number of aromatic amines is 1. The zero-order valence-corrected chi connectivity index (χ0v) is 16.7. The quantitative estimate of drug-likeness (QED) is 0.259. The van der Waals surface area contributed by atoms with Crippen LogP contribution in [-0.2, 0) is 4.79 Å².